The van der Waals surface area contributed by atoms with Gasteiger partial charge in [-0.05, 0) is 36.8 Å². The van der Waals surface area contributed by atoms with Crippen LogP contribution in [-0.4, -0.2) is 48.8 Å². The van der Waals surface area contributed by atoms with Gasteiger partial charge in [0.05, 0.1) is 60.3 Å². The molecule has 182 valence electrons. The quantitative estimate of drug-likeness (QED) is 0.310. The second-order valence-electron chi connectivity index (χ2n) is 7.81. The van der Waals surface area contributed by atoms with Crippen molar-refractivity contribution >= 4 is 28.8 Å². The second-order valence-corrected chi connectivity index (χ2v) is 7.81. The number of rotatable bonds is 5. The number of methoxy groups -OCH3 is 3. The van der Waals surface area contributed by atoms with E-state index in [1.165, 1.54) is 50.3 Å². The van der Waals surface area contributed by atoms with Crippen LogP contribution in [0, 0.1) is 6.92 Å². The van der Waals surface area contributed by atoms with E-state index >= 15 is 0 Å². The first-order valence-corrected chi connectivity index (χ1v) is 10.8. The number of esters is 3. The van der Waals surface area contributed by atoms with Crippen molar-refractivity contribution in [1.29, 1.82) is 0 Å². The standard InChI is InChI=1S/C27H22N2O7/c1-15-21(27(33)36-4)22(16-8-6-5-7-9-16)23-20(28-15)10-11-29(24(23)30)19-13-17(25(31)34-2)12-18(14-19)26(32)35-3/h5-14H,1-4H3. The topological polar surface area (TPSA) is 114 Å². The summed E-state index contributed by atoms with van der Waals surface area (Å²) >= 11 is 0. The van der Waals surface area contributed by atoms with Crippen molar-refractivity contribution in [1.82, 2.24) is 9.55 Å². The maximum atomic E-state index is 13.9. The van der Waals surface area contributed by atoms with E-state index < -0.39 is 23.5 Å². The third-order valence-corrected chi connectivity index (χ3v) is 5.71. The smallest absolute Gasteiger partial charge is 0.340 e. The number of carbonyl (C=O) groups excluding carboxylic acids is 3. The number of carbonyl (C=O) groups is 3. The zero-order valence-electron chi connectivity index (χ0n) is 20.0. The average Bonchev–Trinajstić information content (AvgIpc) is 2.91. The largest absolute Gasteiger partial charge is 0.465 e. The molecule has 2 heterocycles. The summed E-state index contributed by atoms with van der Waals surface area (Å²) in [6.07, 6.45) is 1.49. The van der Waals surface area contributed by atoms with Crippen LogP contribution < -0.4 is 5.56 Å². The van der Waals surface area contributed by atoms with Crippen LogP contribution in [-0.2, 0) is 14.2 Å². The Kier molecular flexibility index (Phi) is 6.64. The van der Waals surface area contributed by atoms with Crippen LogP contribution in [0.3, 0.4) is 0 Å². The molecule has 0 saturated heterocycles. The molecule has 2 aromatic carbocycles. The van der Waals surface area contributed by atoms with Gasteiger partial charge < -0.3 is 14.2 Å². The van der Waals surface area contributed by atoms with Crippen molar-refractivity contribution < 1.29 is 28.6 Å². The Morgan fingerprint density at radius 1 is 0.806 bits per heavy atom. The summed E-state index contributed by atoms with van der Waals surface area (Å²) in [6, 6.07) is 14.8. The lowest BCUT2D eigenvalue weighted by Gasteiger charge is -2.16. The van der Waals surface area contributed by atoms with Crippen LogP contribution in [0.25, 0.3) is 27.7 Å². The molecule has 0 aliphatic rings. The summed E-state index contributed by atoms with van der Waals surface area (Å²) in [5, 5.41) is 0.179. The van der Waals surface area contributed by atoms with E-state index in [1.807, 2.05) is 6.07 Å². The zero-order valence-corrected chi connectivity index (χ0v) is 20.0. The van der Waals surface area contributed by atoms with Crippen molar-refractivity contribution in [2.75, 3.05) is 21.3 Å². The van der Waals surface area contributed by atoms with Crippen molar-refractivity contribution in [3.8, 4) is 16.8 Å². The number of hydrogen-bond acceptors (Lipinski definition) is 8. The van der Waals surface area contributed by atoms with Crippen LogP contribution in [0.2, 0.25) is 0 Å². The van der Waals surface area contributed by atoms with Gasteiger partial charge in [0.25, 0.3) is 5.56 Å². The van der Waals surface area contributed by atoms with Crippen LogP contribution in [0.4, 0.5) is 0 Å². The summed E-state index contributed by atoms with van der Waals surface area (Å²) < 4.78 is 15.9. The highest BCUT2D eigenvalue weighted by Gasteiger charge is 2.24. The maximum absolute atomic E-state index is 13.9. The molecule has 0 aliphatic heterocycles. The molecule has 0 amide bonds. The Bertz CT molecular complexity index is 1540. The highest BCUT2D eigenvalue weighted by molar-refractivity contribution is 6.07. The van der Waals surface area contributed by atoms with Gasteiger partial charge in [-0.1, -0.05) is 30.3 Å². The molecule has 0 N–H and O–H groups in total. The molecule has 0 fully saturated rings. The molecule has 0 aliphatic carbocycles. The van der Waals surface area contributed by atoms with Gasteiger partial charge in [-0.3, -0.25) is 14.3 Å². The average molecular weight is 486 g/mol. The molecule has 9 nitrogen and oxygen atoms in total. The van der Waals surface area contributed by atoms with E-state index in [0.29, 0.717) is 22.3 Å². The Hall–Kier alpha value is -4.79. The first-order valence-electron chi connectivity index (χ1n) is 10.8. The van der Waals surface area contributed by atoms with Gasteiger partial charge in [-0.15, -0.1) is 0 Å². The molecule has 0 saturated carbocycles. The zero-order chi connectivity index (χ0) is 26.0. The molecule has 36 heavy (non-hydrogen) atoms. The third-order valence-electron chi connectivity index (χ3n) is 5.71. The van der Waals surface area contributed by atoms with Crippen LogP contribution in [0.1, 0.15) is 36.8 Å². The first kappa shape index (κ1) is 24.3. The van der Waals surface area contributed by atoms with E-state index in [4.69, 9.17) is 14.2 Å². The molecule has 0 atom stereocenters. The SMILES string of the molecule is COC(=O)c1cc(C(=O)OC)cc(-n2ccc3nc(C)c(C(=O)OC)c(-c4ccccc4)c3c2=O)c1. The van der Waals surface area contributed by atoms with Gasteiger partial charge in [-0.2, -0.15) is 0 Å². The minimum atomic E-state index is -0.689. The van der Waals surface area contributed by atoms with Gasteiger partial charge in [0.15, 0.2) is 0 Å². The van der Waals surface area contributed by atoms with E-state index in [1.54, 1.807) is 37.3 Å². The number of fused-ring (bicyclic) bond motifs is 1. The van der Waals surface area contributed by atoms with Crippen LogP contribution >= 0.6 is 0 Å². The molecule has 9 heteroatoms. The lowest BCUT2D eigenvalue weighted by molar-refractivity contribution is 0.0587. The molecule has 0 bridgehead atoms. The van der Waals surface area contributed by atoms with Crippen molar-refractivity contribution in [2.45, 2.75) is 6.92 Å². The fourth-order valence-corrected chi connectivity index (χ4v) is 4.07. The maximum Gasteiger partial charge on any atom is 0.340 e. The van der Waals surface area contributed by atoms with Crippen molar-refractivity contribution in [3.63, 3.8) is 0 Å². The fourth-order valence-electron chi connectivity index (χ4n) is 4.07. The minimum absolute atomic E-state index is 0.0583. The first-order chi connectivity index (χ1) is 17.3. The molecule has 0 spiro atoms. The lowest BCUT2D eigenvalue weighted by Crippen LogP contribution is -2.21. The summed E-state index contributed by atoms with van der Waals surface area (Å²) in [4.78, 5) is 55.7. The second kappa shape index (κ2) is 9.83. The third kappa shape index (κ3) is 4.22. The number of aromatic nitrogens is 2. The molecular weight excluding hydrogens is 464 g/mol. The van der Waals surface area contributed by atoms with Gasteiger partial charge in [0.1, 0.15) is 0 Å². The summed E-state index contributed by atoms with van der Waals surface area (Å²) in [5.74, 6) is -2.01. The molecule has 0 radical (unpaired) electrons. The van der Waals surface area contributed by atoms with E-state index in [2.05, 4.69) is 4.98 Å². The highest BCUT2D eigenvalue weighted by atomic mass is 16.5. The Morgan fingerprint density at radius 3 is 1.94 bits per heavy atom. The number of benzene rings is 2. The summed E-state index contributed by atoms with van der Waals surface area (Å²) in [5.41, 5.74) is 1.79. The predicted octanol–water partition coefficient (Wildman–Crippen LogP) is 3.72. The Balaban J connectivity index is 2.11. The van der Waals surface area contributed by atoms with Gasteiger partial charge in [0, 0.05) is 11.8 Å². The minimum Gasteiger partial charge on any atom is -0.465 e. The molecular formula is C27H22N2O7. The number of hydrogen-bond donors (Lipinski definition) is 0. The lowest BCUT2D eigenvalue weighted by atomic mass is 9.95. The Labute approximate surface area is 205 Å². The normalized spacial score (nSPS) is 10.7. The van der Waals surface area contributed by atoms with Crippen LogP contribution in [0.15, 0.2) is 65.6 Å². The van der Waals surface area contributed by atoms with Crippen molar-refractivity contribution in [3.05, 3.63) is 93.5 Å². The van der Waals surface area contributed by atoms with Gasteiger partial charge in [0.2, 0.25) is 0 Å². The highest BCUT2D eigenvalue weighted by Crippen LogP contribution is 2.32. The number of nitrogens with zero attached hydrogens (tertiary/aromatic N) is 2. The fraction of sp³-hybridized carbons (Fsp3) is 0.148. The molecule has 4 rings (SSSR count). The number of ether oxygens (including phenoxy) is 3. The summed E-state index contributed by atoms with van der Waals surface area (Å²) in [6.45, 7) is 1.67. The number of aryl methyl sites for hydroxylation is 1. The van der Waals surface area contributed by atoms with E-state index in [-0.39, 0.29) is 27.8 Å². The van der Waals surface area contributed by atoms with Crippen LogP contribution in [0.5, 0.6) is 0 Å². The van der Waals surface area contributed by atoms with E-state index in [0.717, 1.165) is 0 Å². The van der Waals surface area contributed by atoms with Crippen molar-refractivity contribution in [2.24, 2.45) is 0 Å². The van der Waals surface area contributed by atoms with Gasteiger partial charge in [-0.25, -0.2) is 14.4 Å². The number of pyridine rings is 2. The molecule has 0 unspecified atom stereocenters. The predicted molar refractivity (Wildman–Crippen MR) is 132 cm³/mol. The molecule has 2 aromatic heterocycles. The van der Waals surface area contributed by atoms with Gasteiger partial charge >= 0.3 is 17.9 Å². The van der Waals surface area contributed by atoms with E-state index in [9.17, 15) is 19.2 Å². The monoisotopic (exact) mass is 486 g/mol. The Morgan fingerprint density at radius 2 is 1.39 bits per heavy atom. The summed E-state index contributed by atoms with van der Waals surface area (Å²) in [7, 11) is 3.68. The molecule has 4 aromatic rings.